The lowest BCUT2D eigenvalue weighted by atomic mass is 9.89. The number of nitrogens with one attached hydrogen (secondary N) is 1. The molecule has 3 heteroatoms. The van der Waals surface area contributed by atoms with Gasteiger partial charge in [-0.25, -0.2) is 0 Å². The van der Waals surface area contributed by atoms with E-state index in [0.29, 0.717) is 5.92 Å². The summed E-state index contributed by atoms with van der Waals surface area (Å²) in [7, 11) is 2.19. The fourth-order valence-corrected chi connectivity index (χ4v) is 2.92. The number of para-hydroxylation sites is 1. The third-order valence-electron chi connectivity index (χ3n) is 3.90. The summed E-state index contributed by atoms with van der Waals surface area (Å²) >= 11 is 0. The lowest BCUT2D eigenvalue weighted by molar-refractivity contribution is 0.256. The number of anilines is 1. The zero-order valence-corrected chi connectivity index (χ0v) is 10.2. The van der Waals surface area contributed by atoms with Gasteiger partial charge < -0.3 is 15.6 Å². The fraction of sp³-hybridized carbons (Fsp3) is 0.429. The number of nitrogens with zero attached hydrogens (tertiary/aromatic N) is 1. The van der Waals surface area contributed by atoms with E-state index in [9.17, 15) is 0 Å². The van der Waals surface area contributed by atoms with Gasteiger partial charge in [0.15, 0.2) is 0 Å². The standard InChI is InChI=1S/C14H19N3/c1-17-8-6-10(7-9-17)13-11-4-2-3-5-12(11)16-14(13)15/h2-5,10,16H,6-9,15H2,1H3. The van der Waals surface area contributed by atoms with Crippen LogP contribution in [0.1, 0.15) is 24.3 Å². The average molecular weight is 229 g/mol. The van der Waals surface area contributed by atoms with Crippen LogP contribution in [-0.4, -0.2) is 30.0 Å². The van der Waals surface area contributed by atoms with E-state index in [2.05, 4.69) is 41.2 Å². The first-order chi connectivity index (χ1) is 8.25. The first kappa shape index (κ1) is 10.7. The predicted molar refractivity (Wildman–Crippen MR) is 72.2 cm³/mol. The van der Waals surface area contributed by atoms with Crippen LogP contribution in [0.15, 0.2) is 24.3 Å². The minimum atomic E-state index is 0.613. The molecule has 0 spiro atoms. The molecule has 0 amide bonds. The van der Waals surface area contributed by atoms with Crippen molar-refractivity contribution >= 4 is 16.7 Å². The van der Waals surface area contributed by atoms with E-state index in [-0.39, 0.29) is 0 Å². The number of fused-ring (bicyclic) bond motifs is 1. The summed E-state index contributed by atoms with van der Waals surface area (Å²) in [4.78, 5) is 5.69. The number of nitrogen functional groups attached to an aromatic ring is 1. The van der Waals surface area contributed by atoms with Gasteiger partial charge in [-0.15, -0.1) is 0 Å². The second kappa shape index (κ2) is 4.08. The second-order valence-corrected chi connectivity index (χ2v) is 5.08. The van der Waals surface area contributed by atoms with Gasteiger partial charge in [0.25, 0.3) is 0 Å². The van der Waals surface area contributed by atoms with Gasteiger partial charge in [0.2, 0.25) is 0 Å². The SMILES string of the molecule is CN1CCC(c2c(N)[nH]c3ccccc23)CC1. The Morgan fingerprint density at radius 2 is 1.94 bits per heavy atom. The molecule has 1 aliphatic heterocycles. The molecule has 17 heavy (non-hydrogen) atoms. The van der Waals surface area contributed by atoms with Crippen molar-refractivity contribution in [2.24, 2.45) is 0 Å². The fourth-order valence-electron chi connectivity index (χ4n) is 2.92. The van der Waals surface area contributed by atoms with Crippen LogP contribution in [-0.2, 0) is 0 Å². The molecule has 1 aromatic heterocycles. The maximum absolute atomic E-state index is 6.15. The summed E-state index contributed by atoms with van der Waals surface area (Å²) in [6.45, 7) is 2.34. The minimum absolute atomic E-state index is 0.613. The van der Waals surface area contributed by atoms with Crippen molar-refractivity contribution < 1.29 is 0 Å². The highest BCUT2D eigenvalue weighted by molar-refractivity contribution is 5.88. The van der Waals surface area contributed by atoms with Crippen molar-refractivity contribution in [3.8, 4) is 0 Å². The first-order valence-electron chi connectivity index (χ1n) is 6.30. The van der Waals surface area contributed by atoms with E-state index >= 15 is 0 Å². The number of hydrogen-bond donors (Lipinski definition) is 2. The van der Waals surface area contributed by atoms with Crippen LogP contribution in [0.3, 0.4) is 0 Å². The Morgan fingerprint density at radius 1 is 1.24 bits per heavy atom. The maximum atomic E-state index is 6.15. The molecule has 0 unspecified atom stereocenters. The van der Waals surface area contributed by atoms with Crippen LogP contribution in [0.2, 0.25) is 0 Å². The van der Waals surface area contributed by atoms with Gasteiger partial charge in [-0.05, 0) is 45.0 Å². The summed E-state index contributed by atoms with van der Waals surface area (Å²) < 4.78 is 0. The molecule has 0 radical (unpaired) electrons. The van der Waals surface area contributed by atoms with Crippen molar-refractivity contribution in [2.45, 2.75) is 18.8 Å². The van der Waals surface area contributed by atoms with Crippen molar-refractivity contribution in [3.63, 3.8) is 0 Å². The van der Waals surface area contributed by atoms with Crippen LogP contribution in [0.25, 0.3) is 10.9 Å². The van der Waals surface area contributed by atoms with E-state index in [0.717, 1.165) is 5.82 Å². The van der Waals surface area contributed by atoms with Crippen molar-refractivity contribution in [1.29, 1.82) is 0 Å². The largest absolute Gasteiger partial charge is 0.385 e. The number of hydrogen-bond acceptors (Lipinski definition) is 2. The van der Waals surface area contributed by atoms with Crippen molar-refractivity contribution in [1.82, 2.24) is 9.88 Å². The molecule has 0 saturated carbocycles. The lowest BCUT2D eigenvalue weighted by Gasteiger charge is -2.29. The lowest BCUT2D eigenvalue weighted by Crippen LogP contribution is -2.29. The molecular formula is C14H19N3. The van der Waals surface area contributed by atoms with Gasteiger partial charge in [0, 0.05) is 16.5 Å². The highest BCUT2D eigenvalue weighted by Gasteiger charge is 2.23. The van der Waals surface area contributed by atoms with Gasteiger partial charge >= 0.3 is 0 Å². The van der Waals surface area contributed by atoms with E-state index in [1.165, 1.54) is 42.4 Å². The molecule has 1 fully saturated rings. The minimum Gasteiger partial charge on any atom is -0.385 e. The quantitative estimate of drug-likeness (QED) is 0.789. The average Bonchev–Trinajstić information content (AvgIpc) is 2.66. The predicted octanol–water partition coefficient (Wildman–Crippen LogP) is 2.56. The monoisotopic (exact) mass is 229 g/mol. The van der Waals surface area contributed by atoms with Crippen LogP contribution in [0.5, 0.6) is 0 Å². The third-order valence-corrected chi connectivity index (χ3v) is 3.90. The maximum Gasteiger partial charge on any atom is 0.105 e. The normalized spacial score (nSPS) is 18.9. The van der Waals surface area contributed by atoms with Crippen molar-refractivity contribution in [2.75, 3.05) is 25.9 Å². The highest BCUT2D eigenvalue weighted by Crippen LogP contribution is 2.36. The molecule has 3 nitrogen and oxygen atoms in total. The van der Waals surface area contributed by atoms with Gasteiger partial charge in [-0.2, -0.15) is 0 Å². The Kier molecular flexibility index (Phi) is 2.56. The molecule has 2 aromatic rings. The summed E-state index contributed by atoms with van der Waals surface area (Å²) in [5.74, 6) is 1.48. The van der Waals surface area contributed by atoms with E-state index < -0.39 is 0 Å². The third kappa shape index (κ3) is 1.80. The number of aromatic nitrogens is 1. The molecule has 1 aromatic carbocycles. The molecule has 90 valence electrons. The molecule has 0 bridgehead atoms. The summed E-state index contributed by atoms with van der Waals surface area (Å²) in [5, 5.41) is 1.31. The number of piperidine rings is 1. The number of H-pyrrole nitrogens is 1. The number of rotatable bonds is 1. The van der Waals surface area contributed by atoms with Gasteiger partial charge in [-0.3, -0.25) is 0 Å². The Hall–Kier alpha value is -1.48. The Morgan fingerprint density at radius 3 is 2.71 bits per heavy atom. The Labute approximate surface area is 102 Å². The summed E-state index contributed by atoms with van der Waals surface area (Å²) in [6.07, 6.45) is 2.42. The topological polar surface area (TPSA) is 45.0 Å². The Balaban J connectivity index is 2.02. The molecule has 3 N–H and O–H groups in total. The van der Waals surface area contributed by atoms with E-state index in [1.807, 2.05) is 0 Å². The van der Waals surface area contributed by atoms with Crippen LogP contribution in [0, 0.1) is 0 Å². The number of aromatic amines is 1. The van der Waals surface area contributed by atoms with E-state index in [4.69, 9.17) is 5.73 Å². The first-order valence-corrected chi connectivity index (χ1v) is 6.30. The number of nitrogens with two attached hydrogens (primary N) is 1. The molecule has 1 saturated heterocycles. The Bertz CT molecular complexity index is 521. The van der Waals surface area contributed by atoms with Gasteiger partial charge in [0.05, 0.1) is 0 Å². The van der Waals surface area contributed by atoms with E-state index in [1.54, 1.807) is 0 Å². The molecule has 0 atom stereocenters. The molecule has 2 heterocycles. The number of likely N-dealkylation sites (tertiary alicyclic amines) is 1. The molecule has 1 aliphatic rings. The second-order valence-electron chi connectivity index (χ2n) is 5.08. The van der Waals surface area contributed by atoms with Crippen molar-refractivity contribution in [3.05, 3.63) is 29.8 Å². The molecular weight excluding hydrogens is 210 g/mol. The van der Waals surface area contributed by atoms with Gasteiger partial charge in [0.1, 0.15) is 5.82 Å². The molecule has 3 rings (SSSR count). The summed E-state index contributed by atoms with van der Waals surface area (Å²) in [6, 6.07) is 8.42. The highest BCUT2D eigenvalue weighted by atomic mass is 15.1. The van der Waals surface area contributed by atoms with Crippen LogP contribution in [0.4, 0.5) is 5.82 Å². The van der Waals surface area contributed by atoms with Gasteiger partial charge in [-0.1, -0.05) is 18.2 Å². The summed E-state index contributed by atoms with van der Waals surface area (Å²) in [5.41, 5.74) is 8.66. The smallest absolute Gasteiger partial charge is 0.105 e. The zero-order chi connectivity index (χ0) is 11.8. The van der Waals surface area contributed by atoms with Crippen LogP contribution < -0.4 is 5.73 Å². The zero-order valence-electron chi connectivity index (χ0n) is 10.2. The number of benzene rings is 1. The van der Waals surface area contributed by atoms with Crippen LogP contribution >= 0.6 is 0 Å². The molecule has 0 aliphatic carbocycles.